The summed E-state index contributed by atoms with van der Waals surface area (Å²) in [5.74, 6) is 0.760. The molecule has 0 saturated carbocycles. The van der Waals surface area contributed by atoms with E-state index in [1.165, 1.54) is 0 Å². The van der Waals surface area contributed by atoms with Crippen molar-refractivity contribution < 1.29 is 9.53 Å². The van der Waals surface area contributed by atoms with Crippen molar-refractivity contribution in [2.24, 2.45) is 7.05 Å². The molecule has 1 amide bonds. The number of nitrogens with one attached hydrogen (secondary N) is 1. The molecule has 0 unspecified atom stereocenters. The van der Waals surface area contributed by atoms with Gasteiger partial charge in [0.05, 0.1) is 31.2 Å². The van der Waals surface area contributed by atoms with Crippen LogP contribution in [-0.2, 0) is 13.6 Å². The predicted molar refractivity (Wildman–Crippen MR) is 111 cm³/mol. The summed E-state index contributed by atoms with van der Waals surface area (Å²) < 4.78 is 7.45. The molecule has 7 heteroatoms. The molecule has 150 valence electrons. The summed E-state index contributed by atoms with van der Waals surface area (Å²) in [6, 6.07) is 5.87. The Morgan fingerprint density at radius 3 is 2.61 bits per heavy atom. The summed E-state index contributed by atoms with van der Waals surface area (Å²) in [6.45, 7) is 5.84. The quantitative estimate of drug-likeness (QED) is 0.681. The van der Waals surface area contributed by atoms with E-state index in [2.05, 4.69) is 19.4 Å². The fraction of sp³-hybridized carbons (Fsp3) is 0.429. The minimum absolute atomic E-state index is 0.0144. The number of aromatic amines is 1. The number of rotatable bonds is 7. The topological polar surface area (TPSA) is 66.4 Å². The van der Waals surface area contributed by atoms with Crippen molar-refractivity contribution >= 4 is 16.8 Å². The Labute approximate surface area is 165 Å². The summed E-state index contributed by atoms with van der Waals surface area (Å²) in [7, 11) is 7.65. The lowest BCUT2D eigenvalue weighted by Gasteiger charge is -2.24. The first kappa shape index (κ1) is 19.9. The summed E-state index contributed by atoms with van der Waals surface area (Å²) in [5.41, 5.74) is 4.57. The van der Waals surface area contributed by atoms with Crippen molar-refractivity contribution in [3.8, 4) is 5.75 Å². The zero-order chi connectivity index (χ0) is 20.4. The fourth-order valence-corrected chi connectivity index (χ4v) is 3.41. The molecule has 0 spiro atoms. The van der Waals surface area contributed by atoms with Gasteiger partial charge >= 0.3 is 0 Å². The average molecular weight is 383 g/mol. The smallest absolute Gasteiger partial charge is 0.256 e. The number of ether oxygens (including phenoxy) is 1. The Bertz CT molecular complexity index is 986. The average Bonchev–Trinajstić information content (AvgIpc) is 3.18. The second kappa shape index (κ2) is 8.06. The maximum absolute atomic E-state index is 13.7. The zero-order valence-corrected chi connectivity index (χ0v) is 17.5. The number of methoxy groups -OCH3 is 1. The van der Waals surface area contributed by atoms with E-state index < -0.39 is 0 Å². The second-order valence-corrected chi connectivity index (χ2v) is 7.41. The van der Waals surface area contributed by atoms with Crippen LogP contribution in [0.1, 0.15) is 27.4 Å². The number of aryl methyl sites for hydroxylation is 2. The molecule has 0 atom stereocenters. The zero-order valence-electron chi connectivity index (χ0n) is 17.5. The molecule has 0 aliphatic rings. The second-order valence-electron chi connectivity index (χ2n) is 7.41. The van der Waals surface area contributed by atoms with Crippen LogP contribution >= 0.6 is 0 Å². The Morgan fingerprint density at radius 2 is 2.00 bits per heavy atom. The Balaban J connectivity index is 2.04. The summed E-state index contributed by atoms with van der Waals surface area (Å²) in [5, 5.41) is 0.915. The van der Waals surface area contributed by atoms with Gasteiger partial charge in [-0.05, 0) is 46.1 Å². The summed E-state index contributed by atoms with van der Waals surface area (Å²) in [6.07, 6.45) is 1.67. The highest BCUT2D eigenvalue weighted by Crippen LogP contribution is 2.30. The minimum atomic E-state index is 0.0144. The Morgan fingerprint density at radius 1 is 1.25 bits per heavy atom. The van der Waals surface area contributed by atoms with Crippen molar-refractivity contribution in [2.75, 3.05) is 34.3 Å². The molecular weight excluding hydrogens is 354 g/mol. The third-order valence-corrected chi connectivity index (χ3v) is 5.29. The third-order valence-electron chi connectivity index (χ3n) is 5.29. The number of benzene rings is 1. The number of hydrogen-bond donors (Lipinski definition) is 1. The van der Waals surface area contributed by atoms with Crippen molar-refractivity contribution in [2.45, 2.75) is 20.4 Å². The van der Waals surface area contributed by atoms with Gasteiger partial charge in [0.25, 0.3) is 5.91 Å². The monoisotopic (exact) mass is 383 g/mol. The molecule has 0 aliphatic carbocycles. The standard InChI is InChI=1S/C21H29N5O2/c1-14-18(23-13-22-14)12-26(10-9-24(3)4)21(27)20-15(2)25(5)19-8-7-16(28-6)11-17(19)20/h7-8,11,13H,9-10,12H2,1-6H3,(H,22,23). The van der Waals surface area contributed by atoms with E-state index in [0.717, 1.165) is 45.8 Å². The maximum atomic E-state index is 13.7. The molecule has 2 heterocycles. The molecule has 1 N–H and O–H groups in total. The van der Waals surface area contributed by atoms with Gasteiger partial charge in [0, 0.05) is 42.4 Å². The molecule has 7 nitrogen and oxygen atoms in total. The van der Waals surface area contributed by atoms with Gasteiger partial charge in [-0.15, -0.1) is 0 Å². The fourth-order valence-electron chi connectivity index (χ4n) is 3.41. The van der Waals surface area contributed by atoms with Gasteiger partial charge in [0.2, 0.25) is 0 Å². The number of nitrogens with zero attached hydrogens (tertiary/aromatic N) is 4. The van der Waals surface area contributed by atoms with Gasteiger partial charge in [-0.1, -0.05) is 0 Å². The van der Waals surface area contributed by atoms with Crippen LogP contribution in [0.15, 0.2) is 24.5 Å². The largest absolute Gasteiger partial charge is 0.497 e. The molecule has 2 aromatic heterocycles. The molecule has 0 aliphatic heterocycles. The lowest BCUT2D eigenvalue weighted by Crippen LogP contribution is -2.36. The lowest BCUT2D eigenvalue weighted by molar-refractivity contribution is 0.0731. The molecule has 3 aromatic rings. The highest BCUT2D eigenvalue weighted by molar-refractivity contribution is 6.08. The first-order chi connectivity index (χ1) is 13.3. The number of likely N-dealkylation sites (N-methyl/N-ethyl adjacent to an activating group) is 1. The first-order valence-electron chi connectivity index (χ1n) is 9.39. The van der Waals surface area contributed by atoms with Gasteiger partial charge in [-0.3, -0.25) is 4.79 Å². The number of hydrogen-bond acceptors (Lipinski definition) is 4. The summed E-state index contributed by atoms with van der Waals surface area (Å²) in [4.78, 5) is 25.1. The van der Waals surface area contributed by atoms with E-state index >= 15 is 0 Å². The number of amides is 1. The molecule has 28 heavy (non-hydrogen) atoms. The van der Waals surface area contributed by atoms with Crippen LogP contribution in [0, 0.1) is 13.8 Å². The predicted octanol–water partition coefficient (Wildman–Crippen LogP) is 2.73. The van der Waals surface area contributed by atoms with Crippen molar-refractivity contribution in [1.29, 1.82) is 0 Å². The van der Waals surface area contributed by atoms with Crippen LogP contribution in [0.5, 0.6) is 5.75 Å². The van der Waals surface area contributed by atoms with Gasteiger partial charge in [-0.2, -0.15) is 0 Å². The van der Waals surface area contributed by atoms with E-state index in [9.17, 15) is 4.79 Å². The number of H-pyrrole nitrogens is 1. The van der Waals surface area contributed by atoms with Crippen LogP contribution in [0.2, 0.25) is 0 Å². The highest BCUT2D eigenvalue weighted by Gasteiger charge is 2.25. The third kappa shape index (κ3) is 3.75. The highest BCUT2D eigenvalue weighted by atomic mass is 16.5. The van der Waals surface area contributed by atoms with Gasteiger partial charge in [0.1, 0.15) is 5.75 Å². The lowest BCUT2D eigenvalue weighted by atomic mass is 10.1. The van der Waals surface area contributed by atoms with Crippen molar-refractivity contribution in [1.82, 2.24) is 24.3 Å². The van der Waals surface area contributed by atoms with Crippen molar-refractivity contribution in [3.63, 3.8) is 0 Å². The molecule has 0 fully saturated rings. The van der Waals surface area contributed by atoms with E-state index in [1.807, 2.05) is 58.1 Å². The van der Waals surface area contributed by atoms with Crippen LogP contribution in [0.4, 0.5) is 0 Å². The maximum Gasteiger partial charge on any atom is 0.256 e. The van der Waals surface area contributed by atoms with Crippen molar-refractivity contribution in [3.05, 3.63) is 47.2 Å². The normalized spacial score (nSPS) is 11.4. The van der Waals surface area contributed by atoms with Gasteiger partial charge in [-0.25, -0.2) is 4.98 Å². The van der Waals surface area contributed by atoms with Crippen LogP contribution in [-0.4, -0.2) is 64.5 Å². The number of fused-ring (bicyclic) bond motifs is 1. The van der Waals surface area contributed by atoms with E-state index in [4.69, 9.17) is 4.74 Å². The van der Waals surface area contributed by atoms with Crippen LogP contribution in [0.25, 0.3) is 10.9 Å². The molecule has 1 aromatic carbocycles. The summed E-state index contributed by atoms with van der Waals surface area (Å²) >= 11 is 0. The number of aromatic nitrogens is 3. The Kier molecular flexibility index (Phi) is 5.74. The van der Waals surface area contributed by atoms with Crippen LogP contribution < -0.4 is 4.74 Å². The minimum Gasteiger partial charge on any atom is -0.497 e. The Hall–Kier alpha value is -2.80. The van der Waals surface area contributed by atoms with E-state index in [-0.39, 0.29) is 5.91 Å². The molecular formula is C21H29N5O2. The van der Waals surface area contributed by atoms with Gasteiger partial charge in [0.15, 0.2) is 0 Å². The van der Waals surface area contributed by atoms with E-state index in [1.54, 1.807) is 13.4 Å². The molecule has 0 saturated heterocycles. The number of carbonyl (C=O) groups is 1. The first-order valence-corrected chi connectivity index (χ1v) is 9.39. The van der Waals surface area contributed by atoms with E-state index in [0.29, 0.717) is 13.1 Å². The molecule has 3 rings (SSSR count). The molecule has 0 radical (unpaired) electrons. The van der Waals surface area contributed by atoms with Gasteiger partial charge < -0.3 is 24.1 Å². The number of carbonyl (C=O) groups excluding carboxylic acids is 1. The van der Waals surface area contributed by atoms with Crippen LogP contribution in [0.3, 0.4) is 0 Å². The SMILES string of the molecule is COc1ccc2c(c1)c(C(=O)N(CCN(C)C)Cc1nc[nH]c1C)c(C)n2C. The molecule has 0 bridgehead atoms. The number of imidazole rings is 1.